The molecule has 4 saturated carbocycles. The quantitative estimate of drug-likeness (QED) is 0.208. The first-order valence-corrected chi connectivity index (χ1v) is 11.9. The molecule has 4 aliphatic rings. The molecule has 0 bridgehead atoms. The number of rotatable bonds is 3. The molecule has 28 heavy (non-hydrogen) atoms. The van der Waals surface area contributed by atoms with E-state index in [1.807, 2.05) is 6.92 Å². The van der Waals surface area contributed by atoms with Crippen molar-refractivity contribution in [3.63, 3.8) is 0 Å². The van der Waals surface area contributed by atoms with Crippen molar-refractivity contribution in [2.75, 3.05) is 0 Å². The fourth-order valence-electron chi connectivity index (χ4n) is 7.05. The van der Waals surface area contributed by atoms with Gasteiger partial charge in [0, 0.05) is 15.8 Å². The summed E-state index contributed by atoms with van der Waals surface area (Å²) in [5.41, 5.74) is 0. The van der Waals surface area contributed by atoms with E-state index in [0.717, 1.165) is 0 Å². The number of fused-ring (bicyclic) bond motifs is 2. The van der Waals surface area contributed by atoms with Crippen molar-refractivity contribution in [1.82, 2.24) is 0 Å². The Bertz CT molecular complexity index is 533. The Morgan fingerprint density at radius 1 is 0.714 bits per heavy atom. The zero-order valence-electron chi connectivity index (χ0n) is 16.1. The van der Waals surface area contributed by atoms with Crippen LogP contribution < -0.4 is 0 Å². The van der Waals surface area contributed by atoms with E-state index in [-0.39, 0.29) is 60.2 Å². The highest BCUT2D eigenvalue weighted by Gasteiger charge is 2.64. The minimum atomic E-state index is -3.13. The minimum Gasteiger partial charge on any atom is -0.247 e. The highest BCUT2D eigenvalue weighted by molar-refractivity contribution is 14.1. The SMILES string of the molecule is CC1CC(F)C2C(C1)CC(CCC1CC3CC(I)CC(F)C3C1(F)F)C2(F)F. The van der Waals surface area contributed by atoms with Gasteiger partial charge in [-0.05, 0) is 69.1 Å². The summed E-state index contributed by atoms with van der Waals surface area (Å²) in [5.74, 6) is -11.4. The molecule has 0 saturated heterocycles. The maximum absolute atomic E-state index is 14.9. The average Bonchev–Trinajstić information content (AvgIpc) is 2.94. The lowest BCUT2D eigenvalue weighted by Gasteiger charge is -2.36. The number of hydrogen-bond acceptors (Lipinski definition) is 0. The Balaban J connectivity index is 1.43. The maximum Gasteiger partial charge on any atom is 0.256 e. The summed E-state index contributed by atoms with van der Waals surface area (Å²) in [6.45, 7) is 1.89. The highest BCUT2D eigenvalue weighted by Crippen LogP contribution is 2.60. The second-order valence-electron chi connectivity index (χ2n) is 10.0. The van der Waals surface area contributed by atoms with Crippen molar-refractivity contribution in [2.24, 2.45) is 41.4 Å². The molecule has 0 radical (unpaired) electrons. The van der Waals surface area contributed by atoms with Gasteiger partial charge in [-0.3, -0.25) is 0 Å². The molecule has 162 valence electrons. The largest absolute Gasteiger partial charge is 0.256 e. The molecular formula is C21H29F6I. The molecule has 0 nitrogen and oxygen atoms in total. The molecule has 0 spiro atoms. The molecule has 0 N–H and O–H groups in total. The second-order valence-corrected chi connectivity index (χ2v) is 11.8. The van der Waals surface area contributed by atoms with Crippen LogP contribution in [0.25, 0.3) is 0 Å². The zero-order chi connectivity index (χ0) is 20.4. The van der Waals surface area contributed by atoms with Crippen LogP contribution in [0.2, 0.25) is 0 Å². The van der Waals surface area contributed by atoms with Gasteiger partial charge in [0.1, 0.15) is 12.3 Å². The van der Waals surface area contributed by atoms with Crippen LogP contribution in [-0.2, 0) is 0 Å². The van der Waals surface area contributed by atoms with Gasteiger partial charge in [-0.2, -0.15) is 0 Å². The molecule has 0 aliphatic heterocycles. The molecule has 4 rings (SSSR count). The first kappa shape index (κ1) is 21.5. The molecule has 7 heteroatoms. The van der Waals surface area contributed by atoms with Gasteiger partial charge in [-0.25, -0.2) is 26.3 Å². The Morgan fingerprint density at radius 3 is 1.71 bits per heavy atom. The van der Waals surface area contributed by atoms with Crippen LogP contribution in [0.5, 0.6) is 0 Å². The van der Waals surface area contributed by atoms with E-state index in [9.17, 15) is 26.3 Å². The standard InChI is InChI=1S/C21H29F6I/c1-10-4-11-6-13(20(24,25)18(11)16(22)5-10)2-3-14-7-12-8-15(28)9-17(23)19(12)21(14,26)27/h10-19H,2-9H2,1H3. The van der Waals surface area contributed by atoms with E-state index in [2.05, 4.69) is 22.6 Å². The molecule has 0 heterocycles. The van der Waals surface area contributed by atoms with Crippen LogP contribution >= 0.6 is 22.6 Å². The summed E-state index contributed by atoms with van der Waals surface area (Å²) in [4.78, 5) is 0. The van der Waals surface area contributed by atoms with Crippen LogP contribution in [0.4, 0.5) is 26.3 Å². The predicted octanol–water partition coefficient (Wildman–Crippen LogP) is 7.25. The van der Waals surface area contributed by atoms with Gasteiger partial charge in [0.25, 0.3) is 11.8 Å². The van der Waals surface area contributed by atoms with Gasteiger partial charge in [0.05, 0.1) is 11.8 Å². The number of alkyl halides is 7. The smallest absolute Gasteiger partial charge is 0.247 e. The Labute approximate surface area is 176 Å². The summed E-state index contributed by atoms with van der Waals surface area (Å²) < 4.78 is 88.4. The van der Waals surface area contributed by atoms with Crippen molar-refractivity contribution in [2.45, 2.75) is 86.4 Å². The fourth-order valence-corrected chi connectivity index (χ4v) is 8.19. The minimum absolute atomic E-state index is 0.00852. The second kappa shape index (κ2) is 7.47. The summed E-state index contributed by atoms with van der Waals surface area (Å²) in [6, 6.07) is 0. The van der Waals surface area contributed by atoms with Crippen LogP contribution in [0.3, 0.4) is 0 Å². The van der Waals surface area contributed by atoms with Crippen LogP contribution in [-0.4, -0.2) is 28.1 Å². The predicted molar refractivity (Wildman–Crippen MR) is 105 cm³/mol. The topological polar surface area (TPSA) is 0 Å². The third kappa shape index (κ3) is 3.51. The van der Waals surface area contributed by atoms with E-state index in [1.165, 1.54) is 0 Å². The highest BCUT2D eigenvalue weighted by atomic mass is 127. The van der Waals surface area contributed by atoms with Crippen molar-refractivity contribution >= 4 is 22.6 Å². The molecule has 4 fully saturated rings. The molecular weight excluding hydrogens is 493 g/mol. The molecule has 10 atom stereocenters. The third-order valence-electron chi connectivity index (χ3n) is 8.18. The first-order valence-electron chi connectivity index (χ1n) is 10.7. The van der Waals surface area contributed by atoms with Crippen LogP contribution in [0.15, 0.2) is 0 Å². The molecule has 0 aromatic heterocycles. The average molecular weight is 522 g/mol. The summed E-state index contributed by atoms with van der Waals surface area (Å²) in [5, 5.41) is 0. The fraction of sp³-hybridized carbons (Fsp3) is 1.00. The van der Waals surface area contributed by atoms with E-state index in [1.54, 1.807) is 0 Å². The van der Waals surface area contributed by atoms with Crippen LogP contribution in [0.1, 0.15) is 58.3 Å². The molecule has 10 unspecified atom stereocenters. The first-order chi connectivity index (χ1) is 13.0. The van der Waals surface area contributed by atoms with Gasteiger partial charge in [0.15, 0.2) is 0 Å². The van der Waals surface area contributed by atoms with Crippen molar-refractivity contribution in [1.29, 1.82) is 0 Å². The number of halogens is 7. The van der Waals surface area contributed by atoms with E-state index >= 15 is 0 Å². The molecule has 0 aromatic carbocycles. The van der Waals surface area contributed by atoms with Gasteiger partial charge in [0.2, 0.25) is 0 Å². The molecule has 0 amide bonds. The van der Waals surface area contributed by atoms with Crippen molar-refractivity contribution in [3.8, 4) is 0 Å². The lowest BCUT2D eigenvalue weighted by atomic mass is 9.74. The van der Waals surface area contributed by atoms with Crippen molar-refractivity contribution in [3.05, 3.63) is 0 Å². The zero-order valence-corrected chi connectivity index (χ0v) is 18.2. The van der Waals surface area contributed by atoms with Gasteiger partial charge in [-0.1, -0.05) is 29.5 Å². The Hall–Kier alpha value is 0.310. The normalized spacial score (nSPS) is 52.3. The molecule has 0 aromatic rings. The van der Waals surface area contributed by atoms with E-state index in [0.29, 0.717) is 12.8 Å². The lowest BCUT2D eigenvalue weighted by Crippen LogP contribution is -2.42. The van der Waals surface area contributed by atoms with Crippen LogP contribution in [0, 0.1) is 41.4 Å². The van der Waals surface area contributed by atoms with E-state index < -0.39 is 47.9 Å². The number of hydrogen-bond donors (Lipinski definition) is 0. The van der Waals surface area contributed by atoms with Gasteiger partial charge < -0.3 is 0 Å². The van der Waals surface area contributed by atoms with E-state index in [4.69, 9.17) is 0 Å². The third-order valence-corrected chi connectivity index (χ3v) is 9.20. The van der Waals surface area contributed by atoms with Crippen molar-refractivity contribution < 1.29 is 26.3 Å². The summed E-state index contributed by atoms with van der Waals surface area (Å²) in [7, 11) is 0. The molecule has 4 aliphatic carbocycles. The Kier molecular flexibility index (Phi) is 5.75. The Morgan fingerprint density at radius 2 is 1.18 bits per heavy atom. The summed E-state index contributed by atoms with van der Waals surface area (Å²) >= 11 is 2.13. The monoisotopic (exact) mass is 522 g/mol. The van der Waals surface area contributed by atoms with Gasteiger partial charge >= 0.3 is 0 Å². The van der Waals surface area contributed by atoms with Gasteiger partial charge in [-0.15, -0.1) is 0 Å². The lowest BCUT2D eigenvalue weighted by molar-refractivity contribution is -0.128. The maximum atomic E-state index is 14.9. The summed E-state index contributed by atoms with van der Waals surface area (Å²) in [6.07, 6.45) is -1.06.